The number of carboxylic acids is 1. The number of aliphatic carboxylic acids is 1. The van der Waals surface area contributed by atoms with Crippen molar-refractivity contribution in [3.8, 4) is 0 Å². The lowest BCUT2D eigenvalue weighted by molar-refractivity contribution is -0.387. The molecule has 2 atom stereocenters. The summed E-state index contributed by atoms with van der Waals surface area (Å²) in [5.74, 6) is -1.29. The first-order valence-corrected chi connectivity index (χ1v) is 6.33. The Bertz CT molecular complexity index is 510. The quantitative estimate of drug-likeness (QED) is 0.462. The monoisotopic (exact) mass is 283 g/mol. The number of carboxylic acid groups (broad SMARTS) is 1. The lowest BCUT2D eigenvalue weighted by atomic mass is 10.2. The van der Waals surface area contributed by atoms with Crippen LogP contribution in [0.15, 0.2) is 29.2 Å². The van der Waals surface area contributed by atoms with Gasteiger partial charge in [-0.1, -0.05) is 12.1 Å². The maximum atomic E-state index is 11.0. The zero-order chi connectivity index (χ0) is 14.0. The fraction of sp³-hybridized carbons (Fsp3) is 0.364. The standard InChI is InChI=1S/C11H12N2O5S/c14-7-5-9(11(15)16)12(6-7)19-10-4-2-1-3-8(10)13(17)18/h1-4,7,9,14H,5-6H2,(H,15,16)/p-1/t7-,9+/m1/s1. The summed E-state index contributed by atoms with van der Waals surface area (Å²) in [6.07, 6.45) is -0.700. The van der Waals surface area contributed by atoms with Gasteiger partial charge in [-0.15, -0.1) is 0 Å². The molecule has 8 heteroatoms. The first-order chi connectivity index (χ1) is 8.99. The fourth-order valence-electron chi connectivity index (χ4n) is 1.91. The van der Waals surface area contributed by atoms with Gasteiger partial charge in [0.2, 0.25) is 0 Å². The fourth-order valence-corrected chi connectivity index (χ4v) is 3.09. The molecule has 19 heavy (non-hydrogen) atoms. The summed E-state index contributed by atoms with van der Waals surface area (Å²) in [4.78, 5) is 21.6. The number of hydrogen-bond acceptors (Lipinski definition) is 7. The van der Waals surface area contributed by atoms with E-state index in [1.54, 1.807) is 12.1 Å². The number of para-hydroxylation sites is 1. The van der Waals surface area contributed by atoms with Gasteiger partial charge in [0.1, 0.15) is 4.90 Å². The summed E-state index contributed by atoms with van der Waals surface area (Å²) in [6, 6.07) is 5.12. The van der Waals surface area contributed by atoms with Gasteiger partial charge in [-0.05, 0) is 24.4 Å². The predicted molar refractivity (Wildman–Crippen MR) is 65.1 cm³/mol. The Balaban J connectivity index is 2.21. The highest BCUT2D eigenvalue weighted by Crippen LogP contribution is 2.35. The third kappa shape index (κ3) is 3.03. The maximum Gasteiger partial charge on any atom is 0.284 e. The molecule has 0 spiro atoms. The molecule has 1 aromatic rings. The Morgan fingerprint density at radius 3 is 2.79 bits per heavy atom. The first kappa shape index (κ1) is 13.8. The van der Waals surface area contributed by atoms with Crippen molar-refractivity contribution in [2.45, 2.75) is 23.5 Å². The molecule has 2 rings (SSSR count). The van der Waals surface area contributed by atoms with Crippen molar-refractivity contribution in [1.82, 2.24) is 4.31 Å². The molecule has 0 amide bonds. The number of carbonyl (C=O) groups is 1. The Hall–Kier alpha value is -1.64. The molecule has 0 aliphatic carbocycles. The lowest BCUT2D eigenvalue weighted by Gasteiger charge is -2.23. The molecule has 1 N–H and O–H groups in total. The number of benzene rings is 1. The Labute approximate surface area is 113 Å². The molecule has 0 aromatic heterocycles. The van der Waals surface area contributed by atoms with Crippen LogP contribution in [-0.4, -0.2) is 39.0 Å². The number of aliphatic hydroxyl groups excluding tert-OH is 1. The van der Waals surface area contributed by atoms with Crippen LogP contribution in [0, 0.1) is 10.1 Å². The first-order valence-electron chi connectivity index (χ1n) is 5.56. The summed E-state index contributed by atoms with van der Waals surface area (Å²) in [6.45, 7) is 0.134. The number of hydrogen-bond donors (Lipinski definition) is 1. The summed E-state index contributed by atoms with van der Waals surface area (Å²) in [5.41, 5.74) is -0.0917. The number of nitro groups is 1. The molecule has 0 unspecified atom stereocenters. The average Bonchev–Trinajstić information content (AvgIpc) is 2.71. The molecule has 1 heterocycles. The van der Waals surface area contributed by atoms with E-state index in [9.17, 15) is 25.1 Å². The van der Waals surface area contributed by atoms with E-state index >= 15 is 0 Å². The van der Waals surface area contributed by atoms with E-state index in [1.807, 2.05) is 0 Å². The molecule has 0 radical (unpaired) electrons. The molecule has 1 aromatic carbocycles. The molecule has 0 bridgehead atoms. The van der Waals surface area contributed by atoms with E-state index in [2.05, 4.69) is 0 Å². The molecule has 1 saturated heterocycles. The van der Waals surface area contributed by atoms with E-state index < -0.39 is 23.0 Å². The van der Waals surface area contributed by atoms with Gasteiger partial charge in [0.25, 0.3) is 5.69 Å². The van der Waals surface area contributed by atoms with Crippen molar-refractivity contribution in [2.24, 2.45) is 0 Å². The van der Waals surface area contributed by atoms with E-state index in [1.165, 1.54) is 16.4 Å². The van der Waals surface area contributed by atoms with Crippen LogP contribution in [0.3, 0.4) is 0 Å². The van der Waals surface area contributed by atoms with Crippen LogP contribution in [0.1, 0.15) is 6.42 Å². The minimum atomic E-state index is -1.29. The van der Waals surface area contributed by atoms with E-state index in [0.717, 1.165) is 11.9 Å². The van der Waals surface area contributed by atoms with Crippen molar-refractivity contribution in [2.75, 3.05) is 6.54 Å². The van der Waals surface area contributed by atoms with E-state index in [0.29, 0.717) is 4.90 Å². The van der Waals surface area contributed by atoms with Crippen molar-refractivity contribution < 1.29 is 19.9 Å². The highest BCUT2D eigenvalue weighted by Gasteiger charge is 2.33. The Kier molecular flexibility index (Phi) is 4.03. The van der Waals surface area contributed by atoms with Gasteiger partial charge in [0, 0.05) is 12.6 Å². The van der Waals surface area contributed by atoms with Gasteiger partial charge in [0.05, 0.1) is 23.0 Å². The summed E-state index contributed by atoms with van der Waals surface area (Å²) in [7, 11) is 0. The molecule has 102 valence electrons. The van der Waals surface area contributed by atoms with Crippen LogP contribution < -0.4 is 5.11 Å². The number of nitrogens with zero attached hydrogens (tertiary/aromatic N) is 2. The largest absolute Gasteiger partial charge is 0.548 e. The van der Waals surface area contributed by atoms with Crippen LogP contribution in [0.4, 0.5) is 5.69 Å². The SMILES string of the molecule is O=C([O-])[C@@H]1C[C@@H](O)CN1Sc1ccccc1[N+](=O)[O-]. The normalized spacial score (nSPS) is 23.4. The summed E-state index contributed by atoms with van der Waals surface area (Å²) in [5, 5.41) is 31.3. The van der Waals surface area contributed by atoms with Crippen LogP contribution in [-0.2, 0) is 4.79 Å². The third-order valence-electron chi connectivity index (χ3n) is 2.78. The maximum absolute atomic E-state index is 11.0. The van der Waals surface area contributed by atoms with Gasteiger partial charge >= 0.3 is 0 Å². The molecule has 7 nitrogen and oxygen atoms in total. The van der Waals surface area contributed by atoms with Gasteiger partial charge in [-0.3, -0.25) is 10.1 Å². The zero-order valence-electron chi connectivity index (χ0n) is 9.76. The van der Waals surface area contributed by atoms with Crippen molar-refractivity contribution in [1.29, 1.82) is 0 Å². The molecule has 1 fully saturated rings. The van der Waals surface area contributed by atoms with Crippen molar-refractivity contribution in [3.63, 3.8) is 0 Å². The second-order valence-corrected chi connectivity index (χ2v) is 5.23. The topological polar surface area (TPSA) is 107 Å². The number of β-amino-alcohol motifs (C(OH)–C–C–N with tert-alkyl or cyclic N) is 1. The number of rotatable bonds is 4. The smallest absolute Gasteiger partial charge is 0.284 e. The summed E-state index contributed by atoms with van der Waals surface area (Å²) >= 11 is 0.957. The average molecular weight is 283 g/mol. The predicted octanol–water partition coefficient (Wildman–Crippen LogP) is -0.213. The Morgan fingerprint density at radius 1 is 1.47 bits per heavy atom. The second-order valence-electron chi connectivity index (χ2n) is 4.14. The van der Waals surface area contributed by atoms with E-state index in [4.69, 9.17) is 0 Å². The lowest BCUT2D eigenvalue weighted by Crippen LogP contribution is -2.41. The Morgan fingerprint density at radius 2 is 2.16 bits per heavy atom. The highest BCUT2D eigenvalue weighted by atomic mass is 32.2. The van der Waals surface area contributed by atoms with Gasteiger partial charge in [-0.25, -0.2) is 4.31 Å². The number of nitro benzene ring substituents is 1. The van der Waals surface area contributed by atoms with Crippen LogP contribution in [0.2, 0.25) is 0 Å². The van der Waals surface area contributed by atoms with Crippen LogP contribution in [0.5, 0.6) is 0 Å². The molecule has 0 saturated carbocycles. The van der Waals surface area contributed by atoms with Crippen LogP contribution in [0.25, 0.3) is 0 Å². The van der Waals surface area contributed by atoms with Gasteiger partial charge in [0.15, 0.2) is 0 Å². The highest BCUT2D eigenvalue weighted by molar-refractivity contribution is 7.97. The molecular formula is C11H11N2O5S-. The second kappa shape index (κ2) is 5.55. The van der Waals surface area contributed by atoms with E-state index in [-0.39, 0.29) is 18.7 Å². The zero-order valence-corrected chi connectivity index (χ0v) is 10.6. The minimum absolute atomic E-state index is 0.0654. The molecular weight excluding hydrogens is 272 g/mol. The number of carbonyl (C=O) groups excluding carboxylic acids is 1. The van der Waals surface area contributed by atoms with Gasteiger partial charge < -0.3 is 15.0 Å². The number of aliphatic hydroxyl groups is 1. The minimum Gasteiger partial charge on any atom is -0.548 e. The van der Waals surface area contributed by atoms with Crippen molar-refractivity contribution >= 4 is 23.6 Å². The molecule has 1 aliphatic rings. The van der Waals surface area contributed by atoms with Gasteiger partial charge in [-0.2, -0.15) is 0 Å². The summed E-state index contributed by atoms with van der Waals surface area (Å²) < 4.78 is 1.41. The molecule has 1 aliphatic heterocycles. The van der Waals surface area contributed by atoms with Crippen molar-refractivity contribution in [3.05, 3.63) is 34.4 Å². The third-order valence-corrected chi connectivity index (χ3v) is 3.96. The van der Waals surface area contributed by atoms with Crippen LogP contribution >= 0.6 is 11.9 Å².